The SMILES string of the molecule is CCCCCCCCC(CO)(CCCCCCCC)OP(N)(=O)O. The van der Waals surface area contributed by atoms with E-state index in [1.165, 1.54) is 38.5 Å². The minimum atomic E-state index is -4.10. The lowest BCUT2D eigenvalue weighted by Gasteiger charge is -2.32. The fourth-order valence-corrected chi connectivity index (χ4v) is 3.93. The van der Waals surface area contributed by atoms with E-state index < -0.39 is 13.3 Å². The second-order valence-corrected chi connectivity index (χ2v) is 8.34. The monoisotopic (exact) mass is 365 g/mol. The Morgan fingerprint density at radius 2 is 1.21 bits per heavy atom. The van der Waals surface area contributed by atoms with Crippen molar-refractivity contribution in [3.05, 3.63) is 0 Å². The molecule has 1 atom stereocenters. The van der Waals surface area contributed by atoms with E-state index in [0.29, 0.717) is 12.8 Å². The smallest absolute Gasteiger partial charge is 0.393 e. The van der Waals surface area contributed by atoms with E-state index in [4.69, 9.17) is 10.0 Å². The molecule has 24 heavy (non-hydrogen) atoms. The van der Waals surface area contributed by atoms with Crippen molar-refractivity contribution in [3.8, 4) is 0 Å². The first kappa shape index (κ1) is 24.1. The van der Waals surface area contributed by atoms with Gasteiger partial charge in [0.25, 0.3) is 0 Å². The predicted octanol–water partition coefficient (Wildman–Crippen LogP) is 5.29. The molecule has 5 nitrogen and oxygen atoms in total. The molecule has 0 saturated carbocycles. The van der Waals surface area contributed by atoms with E-state index in [1.54, 1.807) is 0 Å². The number of unbranched alkanes of at least 4 members (excludes halogenated alkanes) is 10. The van der Waals surface area contributed by atoms with E-state index in [0.717, 1.165) is 38.5 Å². The molecular weight excluding hydrogens is 325 g/mol. The lowest BCUT2D eigenvalue weighted by atomic mass is 9.90. The van der Waals surface area contributed by atoms with Crippen molar-refractivity contribution < 1.29 is 19.1 Å². The number of hydrogen-bond donors (Lipinski definition) is 3. The third kappa shape index (κ3) is 13.4. The molecule has 0 fully saturated rings. The van der Waals surface area contributed by atoms with Crippen molar-refractivity contribution in [3.63, 3.8) is 0 Å². The van der Waals surface area contributed by atoms with Crippen LogP contribution in [0.2, 0.25) is 0 Å². The summed E-state index contributed by atoms with van der Waals surface area (Å²) in [6.45, 7) is 4.12. The maximum atomic E-state index is 11.5. The largest absolute Gasteiger partial charge is 0.400 e. The van der Waals surface area contributed by atoms with Gasteiger partial charge in [-0.2, -0.15) is 0 Å². The van der Waals surface area contributed by atoms with Crippen molar-refractivity contribution in [2.75, 3.05) is 6.61 Å². The zero-order valence-electron chi connectivity index (χ0n) is 15.8. The van der Waals surface area contributed by atoms with Crippen LogP contribution in [0.1, 0.15) is 104 Å². The van der Waals surface area contributed by atoms with Gasteiger partial charge in [-0.3, -0.25) is 4.52 Å². The Morgan fingerprint density at radius 1 is 0.833 bits per heavy atom. The fourth-order valence-electron chi connectivity index (χ4n) is 3.14. The van der Waals surface area contributed by atoms with Crippen LogP contribution in [-0.2, 0) is 9.09 Å². The Balaban J connectivity index is 4.34. The van der Waals surface area contributed by atoms with Crippen molar-refractivity contribution >= 4 is 7.75 Å². The van der Waals surface area contributed by atoms with Crippen LogP contribution >= 0.6 is 7.75 Å². The number of rotatable bonds is 17. The van der Waals surface area contributed by atoms with E-state index >= 15 is 0 Å². The molecule has 0 aromatic rings. The van der Waals surface area contributed by atoms with Gasteiger partial charge in [0.05, 0.1) is 6.61 Å². The van der Waals surface area contributed by atoms with Gasteiger partial charge in [-0.25, -0.2) is 10.1 Å². The van der Waals surface area contributed by atoms with E-state index in [2.05, 4.69) is 13.8 Å². The van der Waals surface area contributed by atoms with E-state index in [9.17, 15) is 14.6 Å². The van der Waals surface area contributed by atoms with Crippen LogP contribution in [0.4, 0.5) is 0 Å². The topological polar surface area (TPSA) is 92.8 Å². The van der Waals surface area contributed by atoms with Crippen LogP contribution in [0.15, 0.2) is 0 Å². The highest BCUT2D eigenvalue weighted by molar-refractivity contribution is 7.50. The quantitative estimate of drug-likeness (QED) is 0.240. The Morgan fingerprint density at radius 3 is 1.54 bits per heavy atom. The minimum absolute atomic E-state index is 0.251. The summed E-state index contributed by atoms with van der Waals surface area (Å²) in [5.74, 6) is 0. The molecule has 0 aromatic carbocycles. The maximum Gasteiger partial charge on any atom is 0.400 e. The number of hydrogen-bond acceptors (Lipinski definition) is 3. The summed E-state index contributed by atoms with van der Waals surface area (Å²) >= 11 is 0. The van der Waals surface area contributed by atoms with E-state index in [-0.39, 0.29) is 6.61 Å². The Labute approximate surface area is 149 Å². The number of aliphatic hydroxyl groups is 1. The summed E-state index contributed by atoms with van der Waals surface area (Å²) in [5, 5.41) is 9.81. The Hall–Kier alpha value is 0.0700. The number of aliphatic hydroxyl groups excluding tert-OH is 1. The minimum Gasteiger partial charge on any atom is -0.393 e. The van der Waals surface area contributed by atoms with Crippen LogP contribution in [0, 0.1) is 0 Å². The summed E-state index contributed by atoms with van der Waals surface area (Å²) in [5.41, 5.74) is 4.25. The molecule has 0 aliphatic carbocycles. The van der Waals surface area contributed by atoms with Crippen LogP contribution in [-0.4, -0.2) is 22.2 Å². The average Bonchev–Trinajstić information content (AvgIpc) is 2.52. The summed E-state index contributed by atoms with van der Waals surface area (Å²) in [7, 11) is -4.10. The molecule has 4 N–H and O–H groups in total. The fraction of sp³-hybridized carbons (Fsp3) is 1.00. The molecule has 0 aromatic heterocycles. The molecular formula is C18H40NO4P. The van der Waals surface area contributed by atoms with Gasteiger partial charge in [0.2, 0.25) is 0 Å². The lowest BCUT2D eigenvalue weighted by Crippen LogP contribution is -2.37. The predicted molar refractivity (Wildman–Crippen MR) is 101 cm³/mol. The maximum absolute atomic E-state index is 11.5. The summed E-state index contributed by atoms with van der Waals surface area (Å²) in [6.07, 6.45) is 14.7. The van der Waals surface area contributed by atoms with Crippen LogP contribution < -0.4 is 5.50 Å². The van der Waals surface area contributed by atoms with E-state index in [1.807, 2.05) is 0 Å². The lowest BCUT2D eigenvalue weighted by molar-refractivity contribution is -0.0163. The Kier molecular flexibility index (Phi) is 14.3. The summed E-state index contributed by atoms with van der Waals surface area (Å²) in [4.78, 5) is 9.43. The van der Waals surface area contributed by atoms with Gasteiger partial charge in [0.1, 0.15) is 5.60 Å². The first-order valence-electron chi connectivity index (χ1n) is 9.82. The molecule has 0 heterocycles. The highest BCUT2D eigenvalue weighted by Gasteiger charge is 2.35. The van der Waals surface area contributed by atoms with Crippen molar-refractivity contribution in [2.24, 2.45) is 5.50 Å². The Bertz CT molecular complexity index is 317. The highest BCUT2D eigenvalue weighted by Crippen LogP contribution is 2.42. The molecule has 0 spiro atoms. The van der Waals surface area contributed by atoms with Gasteiger partial charge >= 0.3 is 7.75 Å². The molecule has 0 bridgehead atoms. The molecule has 0 saturated heterocycles. The zero-order chi connectivity index (χ0) is 18.3. The molecule has 146 valence electrons. The molecule has 0 rings (SSSR count). The van der Waals surface area contributed by atoms with Gasteiger partial charge in [0, 0.05) is 0 Å². The average molecular weight is 365 g/mol. The van der Waals surface area contributed by atoms with Crippen LogP contribution in [0.5, 0.6) is 0 Å². The second kappa shape index (κ2) is 14.3. The molecule has 0 radical (unpaired) electrons. The molecule has 1 unspecified atom stereocenters. The zero-order valence-corrected chi connectivity index (χ0v) is 16.7. The van der Waals surface area contributed by atoms with Crippen molar-refractivity contribution in [1.29, 1.82) is 0 Å². The van der Waals surface area contributed by atoms with Gasteiger partial charge < -0.3 is 10.00 Å². The second-order valence-electron chi connectivity index (χ2n) is 7.03. The third-order valence-corrected chi connectivity index (χ3v) is 5.23. The molecule has 0 aliphatic rings. The van der Waals surface area contributed by atoms with Gasteiger partial charge in [0.15, 0.2) is 0 Å². The molecule has 0 amide bonds. The normalized spacial score (nSPS) is 14.7. The summed E-state index contributed by atoms with van der Waals surface area (Å²) in [6, 6.07) is 0. The van der Waals surface area contributed by atoms with Crippen LogP contribution in [0.3, 0.4) is 0 Å². The highest BCUT2D eigenvalue weighted by atomic mass is 31.2. The summed E-state index contributed by atoms with van der Waals surface area (Å²) < 4.78 is 16.8. The third-order valence-electron chi connectivity index (χ3n) is 4.58. The van der Waals surface area contributed by atoms with Gasteiger partial charge in [-0.15, -0.1) is 0 Å². The van der Waals surface area contributed by atoms with Gasteiger partial charge in [-0.1, -0.05) is 90.9 Å². The number of nitrogens with two attached hydrogens (primary N) is 1. The molecule has 0 aliphatic heterocycles. The van der Waals surface area contributed by atoms with Gasteiger partial charge in [-0.05, 0) is 12.8 Å². The van der Waals surface area contributed by atoms with Crippen molar-refractivity contribution in [2.45, 2.75) is 109 Å². The van der Waals surface area contributed by atoms with Crippen LogP contribution in [0.25, 0.3) is 0 Å². The first-order chi connectivity index (χ1) is 11.4. The first-order valence-corrected chi connectivity index (χ1v) is 11.5. The molecule has 6 heteroatoms. The standard InChI is InChI=1S/C18H40NO4P/c1-3-5-7-9-11-13-15-18(17-20,23-24(19,21)22)16-14-12-10-8-6-4-2/h20H,3-17H2,1-2H3,(H3,19,21,22). The van der Waals surface area contributed by atoms with Crippen molar-refractivity contribution in [1.82, 2.24) is 0 Å².